The van der Waals surface area contributed by atoms with Gasteiger partial charge in [-0.25, -0.2) is 4.98 Å². The molecule has 1 aromatic carbocycles. The molecule has 0 bridgehead atoms. The first-order valence-corrected chi connectivity index (χ1v) is 9.88. The van der Waals surface area contributed by atoms with Crippen LogP contribution in [0.4, 0.5) is 5.69 Å². The summed E-state index contributed by atoms with van der Waals surface area (Å²) in [6, 6.07) is 6.88. The Kier molecular flexibility index (Phi) is 5.60. The predicted octanol–water partition coefficient (Wildman–Crippen LogP) is 3.02. The van der Waals surface area contributed by atoms with Crippen molar-refractivity contribution >= 4 is 39.1 Å². The SMILES string of the molecule is CCc1ccc(NC(=O)C(CC)n2cnc3sc(C(N)=O)c(C)c3c2=O)cc1. The molecule has 0 saturated carbocycles. The zero-order valence-corrected chi connectivity index (χ0v) is 16.8. The van der Waals surface area contributed by atoms with Crippen LogP contribution in [0.1, 0.15) is 47.1 Å². The van der Waals surface area contributed by atoms with Crippen molar-refractivity contribution in [3.8, 4) is 0 Å². The maximum atomic E-state index is 13.0. The standard InChI is InChI=1S/C20H22N4O3S/c1-4-12-6-8-13(9-7-12)23-18(26)14(5-2)24-10-22-19-15(20(24)27)11(3)16(28-19)17(21)25/h6-10,14H,4-5H2,1-3H3,(H2,21,25)(H,23,26). The average molecular weight is 398 g/mol. The first-order chi connectivity index (χ1) is 13.4. The molecule has 7 nitrogen and oxygen atoms in total. The summed E-state index contributed by atoms with van der Waals surface area (Å²) >= 11 is 1.09. The Morgan fingerprint density at radius 1 is 1.25 bits per heavy atom. The van der Waals surface area contributed by atoms with Gasteiger partial charge in [0.05, 0.1) is 16.6 Å². The van der Waals surface area contributed by atoms with Gasteiger partial charge in [-0.2, -0.15) is 0 Å². The number of nitrogens with two attached hydrogens (primary N) is 1. The Bertz CT molecular complexity index is 1100. The van der Waals surface area contributed by atoms with Gasteiger partial charge in [0.1, 0.15) is 10.9 Å². The van der Waals surface area contributed by atoms with Crippen LogP contribution in [0.3, 0.4) is 0 Å². The number of anilines is 1. The van der Waals surface area contributed by atoms with Crippen molar-refractivity contribution in [1.82, 2.24) is 9.55 Å². The lowest BCUT2D eigenvalue weighted by Crippen LogP contribution is -2.33. The molecule has 28 heavy (non-hydrogen) atoms. The number of nitrogens with one attached hydrogen (secondary N) is 1. The van der Waals surface area contributed by atoms with E-state index in [0.717, 1.165) is 17.8 Å². The van der Waals surface area contributed by atoms with E-state index in [2.05, 4.69) is 17.2 Å². The predicted molar refractivity (Wildman–Crippen MR) is 111 cm³/mol. The molecular weight excluding hydrogens is 376 g/mol. The summed E-state index contributed by atoms with van der Waals surface area (Å²) in [7, 11) is 0. The topological polar surface area (TPSA) is 107 Å². The first kappa shape index (κ1) is 19.8. The van der Waals surface area contributed by atoms with Gasteiger partial charge in [0.25, 0.3) is 11.5 Å². The maximum absolute atomic E-state index is 13.0. The van der Waals surface area contributed by atoms with Gasteiger partial charge >= 0.3 is 0 Å². The Balaban J connectivity index is 1.97. The molecule has 146 valence electrons. The van der Waals surface area contributed by atoms with Crippen LogP contribution >= 0.6 is 11.3 Å². The second kappa shape index (κ2) is 7.93. The fourth-order valence-corrected chi connectivity index (χ4v) is 4.14. The highest BCUT2D eigenvalue weighted by Gasteiger charge is 2.24. The van der Waals surface area contributed by atoms with Gasteiger partial charge in [-0.1, -0.05) is 26.0 Å². The summed E-state index contributed by atoms with van der Waals surface area (Å²) < 4.78 is 1.32. The van der Waals surface area contributed by atoms with Crippen LogP contribution in [-0.4, -0.2) is 21.4 Å². The van der Waals surface area contributed by atoms with Gasteiger partial charge in [0, 0.05) is 5.69 Å². The normalized spacial score (nSPS) is 12.1. The smallest absolute Gasteiger partial charge is 0.263 e. The van der Waals surface area contributed by atoms with Crippen LogP contribution in [0.2, 0.25) is 0 Å². The summed E-state index contributed by atoms with van der Waals surface area (Å²) in [5, 5.41) is 3.19. The van der Waals surface area contributed by atoms with Crippen LogP contribution in [-0.2, 0) is 11.2 Å². The Morgan fingerprint density at radius 3 is 2.50 bits per heavy atom. The largest absolute Gasteiger partial charge is 0.365 e. The highest BCUT2D eigenvalue weighted by atomic mass is 32.1. The first-order valence-electron chi connectivity index (χ1n) is 9.07. The lowest BCUT2D eigenvalue weighted by molar-refractivity contribution is -0.119. The van der Waals surface area contributed by atoms with E-state index in [1.54, 1.807) is 6.92 Å². The van der Waals surface area contributed by atoms with Crippen molar-refractivity contribution < 1.29 is 9.59 Å². The number of nitrogens with zero attached hydrogens (tertiary/aromatic N) is 2. The van der Waals surface area contributed by atoms with Crippen LogP contribution in [0.5, 0.6) is 0 Å². The zero-order chi connectivity index (χ0) is 20.4. The number of aryl methyl sites for hydroxylation is 2. The van der Waals surface area contributed by atoms with Crippen molar-refractivity contribution in [2.75, 3.05) is 5.32 Å². The third-order valence-corrected chi connectivity index (χ3v) is 5.97. The van der Waals surface area contributed by atoms with E-state index in [9.17, 15) is 14.4 Å². The Hall–Kier alpha value is -3.00. The number of aromatic nitrogens is 2. The Labute approximate surface area is 166 Å². The average Bonchev–Trinajstić information content (AvgIpc) is 3.02. The van der Waals surface area contributed by atoms with E-state index >= 15 is 0 Å². The van der Waals surface area contributed by atoms with E-state index in [-0.39, 0.29) is 11.5 Å². The van der Waals surface area contributed by atoms with Crippen LogP contribution in [0, 0.1) is 6.92 Å². The number of carbonyl (C=O) groups is 2. The lowest BCUT2D eigenvalue weighted by atomic mass is 10.1. The molecule has 2 heterocycles. The maximum Gasteiger partial charge on any atom is 0.263 e. The highest BCUT2D eigenvalue weighted by Crippen LogP contribution is 2.27. The molecule has 0 radical (unpaired) electrons. The van der Waals surface area contributed by atoms with Gasteiger partial charge in [-0.3, -0.25) is 19.0 Å². The van der Waals surface area contributed by atoms with Crippen molar-refractivity contribution in [2.45, 2.75) is 39.7 Å². The van der Waals surface area contributed by atoms with Gasteiger partial charge < -0.3 is 11.1 Å². The molecule has 0 spiro atoms. The number of hydrogen-bond acceptors (Lipinski definition) is 5. The molecule has 0 aliphatic heterocycles. The second-order valence-corrected chi connectivity index (χ2v) is 7.52. The van der Waals surface area contributed by atoms with Crippen molar-refractivity contribution in [3.63, 3.8) is 0 Å². The number of fused-ring (bicyclic) bond motifs is 1. The van der Waals surface area contributed by atoms with Crippen molar-refractivity contribution in [3.05, 3.63) is 57.0 Å². The van der Waals surface area contributed by atoms with Crippen LogP contribution in [0.25, 0.3) is 10.2 Å². The molecule has 0 aliphatic carbocycles. The third-order valence-electron chi connectivity index (χ3n) is 4.75. The van der Waals surface area contributed by atoms with E-state index < -0.39 is 11.9 Å². The minimum Gasteiger partial charge on any atom is -0.365 e. The molecule has 8 heteroatoms. The van der Waals surface area contributed by atoms with Gasteiger partial charge in [0.2, 0.25) is 5.91 Å². The Morgan fingerprint density at radius 2 is 1.93 bits per heavy atom. The summed E-state index contributed by atoms with van der Waals surface area (Å²) in [5.74, 6) is -0.884. The molecule has 0 fully saturated rings. The molecule has 3 rings (SSSR count). The van der Waals surface area contributed by atoms with Crippen LogP contribution < -0.4 is 16.6 Å². The van der Waals surface area contributed by atoms with Crippen LogP contribution in [0.15, 0.2) is 35.4 Å². The number of amides is 2. The number of rotatable bonds is 6. The van der Waals surface area contributed by atoms with Gasteiger partial charge in [-0.15, -0.1) is 11.3 Å². The molecule has 1 unspecified atom stereocenters. The van der Waals surface area contributed by atoms with E-state index in [4.69, 9.17) is 5.73 Å². The molecular formula is C20H22N4O3S. The number of hydrogen-bond donors (Lipinski definition) is 2. The third kappa shape index (κ3) is 3.55. The quantitative estimate of drug-likeness (QED) is 0.665. The molecule has 2 amide bonds. The minimum absolute atomic E-state index is 0.294. The fourth-order valence-electron chi connectivity index (χ4n) is 3.15. The molecule has 1 atom stereocenters. The van der Waals surface area contributed by atoms with Crippen molar-refractivity contribution in [2.24, 2.45) is 5.73 Å². The minimum atomic E-state index is -0.716. The van der Waals surface area contributed by atoms with Gasteiger partial charge in [0.15, 0.2) is 0 Å². The molecule has 0 aliphatic rings. The summed E-state index contributed by atoms with van der Waals surface area (Å²) in [4.78, 5) is 42.4. The van der Waals surface area contributed by atoms with Crippen molar-refractivity contribution in [1.29, 1.82) is 0 Å². The number of thiophene rings is 1. The summed E-state index contributed by atoms with van der Waals surface area (Å²) in [6.45, 7) is 5.56. The number of carbonyl (C=O) groups excluding carboxylic acids is 2. The second-order valence-electron chi connectivity index (χ2n) is 6.52. The van der Waals surface area contributed by atoms with E-state index in [0.29, 0.717) is 32.8 Å². The fraction of sp³-hybridized carbons (Fsp3) is 0.300. The number of primary amides is 1. The molecule has 2 aromatic heterocycles. The van der Waals surface area contributed by atoms with E-state index in [1.807, 2.05) is 31.2 Å². The van der Waals surface area contributed by atoms with E-state index in [1.165, 1.54) is 16.5 Å². The number of benzene rings is 1. The highest BCUT2D eigenvalue weighted by molar-refractivity contribution is 7.20. The summed E-state index contributed by atoms with van der Waals surface area (Å²) in [5.41, 5.74) is 7.38. The van der Waals surface area contributed by atoms with Gasteiger partial charge in [-0.05, 0) is 43.0 Å². The molecule has 3 aromatic rings. The summed E-state index contributed by atoms with van der Waals surface area (Å²) in [6.07, 6.45) is 2.69. The lowest BCUT2D eigenvalue weighted by Gasteiger charge is -2.17. The molecule has 3 N–H and O–H groups in total. The monoisotopic (exact) mass is 398 g/mol. The zero-order valence-electron chi connectivity index (χ0n) is 16.0. The molecule has 0 saturated heterocycles.